The van der Waals surface area contributed by atoms with Crippen LogP contribution in [0.15, 0.2) is 34.0 Å². The molecule has 7 unspecified atom stereocenters. The molecule has 2 saturated carbocycles. The molecule has 7 atom stereocenters. The van der Waals surface area contributed by atoms with E-state index in [1.807, 2.05) is 19.2 Å². The molecule has 200 valence electrons. The van der Waals surface area contributed by atoms with Crippen molar-refractivity contribution in [1.29, 1.82) is 0 Å². The van der Waals surface area contributed by atoms with Crippen LogP contribution in [0.25, 0.3) is 0 Å². The molecule has 0 aromatic carbocycles. The number of ketones is 1. The Hall–Kier alpha value is -2.17. The van der Waals surface area contributed by atoms with Crippen molar-refractivity contribution in [2.75, 3.05) is 7.11 Å². The molecule has 0 spiro atoms. The smallest absolute Gasteiger partial charge is 0.315 e. The van der Waals surface area contributed by atoms with Crippen LogP contribution in [0.2, 0.25) is 0 Å². The third kappa shape index (κ3) is 2.89. The van der Waals surface area contributed by atoms with Gasteiger partial charge in [0.25, 0.3) is 0 Å². The van der Waals surface area contributed by atoms with Crippen LogP contribution in [0.3, 0.4) is 0 Å². The first-order valence-corrected chi connectivity index (χ1v) is 14.2. The number of hydrogen-bond acceptors (Lipinski definition) is 5. The summed E-state index contributed by atoms with van der Waals surface area (Å²) in [5.74, 6) is 1.39. The van der Waals surface area contributed by atoms with Gasteiger partial charge in [0.2, 0.25) is 0 Å². The lowest BCUT2D eigenvalue weighted by Crippen LogP contribution is -2.65. The van der Waals surface area contributed by atoms with E-state index < -0.39 is 5.41 Å². The van der Waals surface area contributed by atoms with Crippen molar-refractivity contribution < 1.29 is 18.8 Å². The number of fused-ring (bicyclic) bond motifs is 8. The van der Waals surface area contributed by atoms with Crippen LogP contribution >= 0.6 is 0 Å². The first-order valence-electron chi connectivity index (χ1n) is 14.2. The van der Waals surface area contributed by atoms with Gasteiger partial charge in [0, 0.05) is 16.9 Å². The van der Waals surface area contributed by atoms with Crippen LogP contribution in [-0.2, 0) is 26.2 Å². The molecule has 5 aliphatic rings. The Balaban J connectivity index is 1.52. The highest BCUT2D eigenvalue weighted by atomic mass is 16.5. The predicted molar refractivity (Wildman–Crippen MR) is 142 cm³/mol. The van der Waals surface area contributed by atoms with Crippen molar-refractivity contribution in [2.45, 2.75) is 98.8 Å². The van der Waals surface area contributed by atoms with Gasteiger partial charge < -0.3 is 9.26 Å². The minimum absolute atomic E-state index is 0.00630. The quantitative estimate of drug-likeness (QED) is 0.394. The van der Waals surface area contributed by atoms with E-state index in [2.05, 4.69) is 52.8 Å². The van der Waals surface area contributed by atoms with Gasteiger partial charge in [-0.3, -0.25) is 9.59 Å². The van der Waals surface area contributed by atoms with Gasteiger partial charge in [0.1, 0.15) is 5.76 Å². The molecule has 0 aliphatic heterocycles. The summed E-state index contributed by atoms with van der Waals surface area (Å²) in [4.78, 5) is 27.3. The molecule has 5 heteroatoms. The second-order valence-electron chi connectivity index (χ2n) is 14.8. The maximum atomic E-state index is 14.4. The second-order valence-corrected chi connectivity index (χ2v) is 14.8. The molecular weight excluding hydrogens is 462 g/mol. The average Bonchev–Trinajstić information content (AvgIpc) is 3.29. The zero-order valence-electron chi connectivity index (χ0n) is 23.9. The van der Waals surface area contributed by atoms with E-state index in [9.17, 15) is 9.59 Å². The first kappa shape index (κ1) is 25.1. The van der Waals surface area contributed by atoms with E-state index in [1.165, 1.54) is 23.8 Å². The lowest BCUT2D eigenvalue weighted by atomic mass is 9.34. The van der Waals surface area contributed by atoms with Crippen LogP contribution in [-0.4, -0.2) is 24.0 Å². The monoisotopic (exact) mass is 505 g/mol. The second kappa shape index (κ2) is 7.27. The highest BCUT2D eigenvalue weighted by molar-refractivity contribution is 5.97. The number of aromatic nitrogens is 1. The van der Waals surface area contributed by atoms with Crippen molar-refractivity contribution in [3.05, 3.63) is 40.8 Å². The molecular formula is C32H43NO4. The maximum Gasteiger partial charge on any atom is 0.315 e. The fourth-order valence-corrected chi connectivity index (χ4v) is 10.3. The Morgan fingerprint density at radius 2 is 1.70 bits per heavy atom. The standard InChI is InChI=1S/C32H43NO4/c1-27(2)23-9-10-32(7)24(30(23,5)16-19-18-33-37-25(19)27)22(34)15-20-21-17-29(4,26(35)36-8)12-11-28(21,3)13-14-31(20,32)6/h15,17-18,23-24H,9-14,16H2,1-8H3. The van der Waals surface area contributed by atoms with Crippen molar-refractivity contribution in [1.82, 2.24) is 5.16 Å². The molecule has 1 heterocycles. The molecule has 37 heavy (non-hydrogen) atoms. The summed E-state index contributed by atoms with van der Waals surface area (Å²) >= 11 is 0. The SMILES string of the molecule is COC(=O)C1(C)C=C2C3=CC(=O)C4C5(C)Cc6cnoc6C(C)(C)C5CCC4(C)C3(C)CCC2(C)CC1. The van der Waals surface area contributed by atoms with Crippen molar-refractivity contribution >= 4 is 11.8 Å². The summed E-state index contributed by atoms with van der Waals surface area (Å²) in [7, 11) is 1.48. The van der Waals surface area contributed by atoms with Crippen LogP contribution in [0.1, 0.15) is 98.3 Å². The van der Waals surface area contributed by atoms with Crippen molar-refractivity contribution in [3.8, 4) is 0 Å². The van der Waals surface area contributed by atoms with E-state index in [4.69, 9.17) is 9.26 Å². The molecule has 0 N–H and O–H groups in total. The van der Waals surface area contributed by atoms with Crippen molar-refractivity contribution in [2.24, 2.45) is 38.9 Å². The Morgan fingerprint density at radius 3 is 2.41 bits per heavy atom. The summed E-state index contributed by atoms with van der Waals surface area (Å²) in [6, 6.07) is 0. The molecule has 5 nitrogen and oxygen atoms in total. The first-order chi connectivity index (χ1) is 17.2. The Kier molecular flexibility index (Phi) is 4.94. The number of methoxy groups -OCH3 is 1. The number of hydrogen-bond donors (Lipinski definition) is 0. The summed E-state index contributed by atoms with van der Waals surface area (Å²) in [6.45, 7) is 16.1. The van der Waals surface area contributed by atoms with E-state index in [1.54, 1.807) is 0 Å². The number of rotatable bonds is 1. The van der Waals surface area contributed by atoms with Gasteiger partial charge in [-0.25, -0.2) is 0 Å². The summed E-state index contributed by atoms with van der Waals surface area (Å²) < 4.78 is 11.0. The van der Waals surface area contributed by atoms with Crippen LogP contribution in [0.5, 0.6) is 0 Å². The molecule has 2 fully saturated rings. The largest absolute Gasteiger partial charge is 0.468 e. The predicted octanol–water partition coefficient (Wildman–Crippen LogP) is 6.76. The van der Waals surface area contributed by atoms with Crippen LogP contribution < -0.4 is 0 Å². The molecule has 1 aromatic rings. The number of nitrogens with zero attached hydrogens (tertiary/aromatic N) is 1. The molecule has 0 radical (unpaired) electrons. The summed E-state index contributed by atoms with van der Waals surface area (Å²) in [6.07, 6.45) is 12.9. The third-order valence-corrected chi connectivity index (χ3v) is 12.6. The lowest BCUT2D eigenvalue weighted by Gasteiger charge is -2.68. The van der Waals surface area contributed by atoms with Crippen LogP contribution in [0, 0.1) is 38.9 Å². The van der Waals surface area contributed by atoms with E-state index in [-0.39, 0.29) is 44.7 Å². The molecule has 0 saturated heterocycles. The highest BCUT2D eigenvalue weighted by Crippen LogP contribution is 2.74. The maximum absolute atomic E-state index is 14.4. The molecule has 0 amide bonds. The van der Waals surface area contributed by atoms with Crippen LogP contribution in [0.4, 0.5) is 0 Å². The number of esters is 1. The zero-order chi connectivity index (χ0) is 26.8. The topological polar surface area (TPSA) is 69.4 Å². The fourth-order valence-electron chi connectivity index (χ4n) is 10.3. The van der Waals surface area contributed by atoms with E-state index in [0.717, 1.165) is 50.7 Å². The molecule has 5 aliphatic carbocycles. The average molecular weight is 506 g/mol. The lowest BCUT2D eigenvalue weighted by molar-refractivity contribution is -0.166. The molecule has 0 bridgehead atoms. The summed E-state index contributed by atoms with van der Waals surface area (Å²) in [5.41, 5.74) is 2.32. The van der Waals surface area contributed by atoms with Crippen molar-refractivity contribution in [3.63, 3.8) is 0 Å². The zero-order valence-corrected chi connectivity index (χ0v) is 23.9. The molecule has 1 aromatic heterocycles. The van der Waals surface area contributed by atoms with E-state index in [0.29, 0.717) is 5.92 Å². The number of carbonyl (C=O) groups is 2. The fraction of sp³-hybridized carbons (Fsp3) is 0.719. The molecule has 6 rings (SSSR count). The number of carbonyl (C=O) groups excluding carboxylic acids is 2. The van der Waals surface area contributed by atoms with Gasteiger partial charge in [-0.1, -0.05) is 52.8 Å². The number of ether oxygens (including phenoxy) is 1. The minimum atomic E-state index is -0.648. The number of allylic oxidation sites excluding steroid dienone is 3. The third-order valence-electron chi connectivity index (χ3n) is 12.6. The normalized spacial score (nSPS) is 45.8. The van der Waals surface area contributed by atoms with Gasteiger partial charge in [-0.2, -0.15) is 0 Å². The van der Waals surface area contributed by atoms with Gasteiger partial charge >= 0.3 is 5.97 Å². The summed E-state index contributed by atoms with van der Waals surface area (Å²) in [5, 5.41) is 4.18. The Labute approximate surface area is 221 Å². The van der Waals surface area contributed by atoms with Gasteiger partial charge in [-0.05, 0) is 96.7 Å². The van der Waals surface area contributed by atoms with Gasteiger partial charge in [-0.15, -0.1) is 0 Å². The van der Waals surface area contributed by atoms with E-state index >= 15 is 0 Å². The Morgan fingerprint density at radius 1 is 1.00 bits per heavy atom. The van der Waals surface area contributed by atoms with Gasteiger partial charge in [0.05, 0.1) is 18.7 Å². The minimum Gasteiger partial charge on any atom is -0.468 e. The van der Waals surface area contributed by atoms with Gasteiger partial charge in [0.15, 0.2) is 5.78 Å². The Bertz CT molecular complexity index is 1270. The highest BCUT2D eigenvalue weighted by Gasteiger charge is 2.69.